The lowest BCUT2D eigenvalue weighted by Crippen LogP contribution is -2.59. The van der Waals surface area contributed by atoms with Crippen LogP contribution in [0, 0.1) is 52.3 Å². The van der Waals surface area contributed by atoms with Gasteiger partial charge in [-0.1, -0.05) is 34.6 Å². The number of aliphatic hydroxyl groups excluding tert-OH is 1. The Hall–Kier alpha value is -0.330. The second-order valence-corrected chi connectivity index (χ2v) is 18.1. The van der Waals surface area contributed by atoms with Gasteiger partial charge in [-0.25, -0.2) is 4.18 Å². The van der Waals surface area contributed by atoms with Crippen molar-refractivity contribution in [2.24, 2.45) is 58.0 Å². The van der Waals surface area contributed by atoms with Crippen molar-refractivity contribution < 1.29 is 22.3 Å². The summed E-state index contributed by atoms with van der Waals surface area (Å²) in [5, 5.41) is 22.8. The van der Waals surface area contributed by atoms with Gasteiger partial charge in [0.1, 0.15) is 0 Å². The smallest absolute Gasteiger partial charge is 0.393 e. The van der Waals surface area contributed by atoms with Gasteiger partial charge in [-0.05, 0) is 181 Å². The monoisotopic (exact) mass is 685 g/mol. The number of hydrogen-bond donors (Lipinski definition) is 6. The summed E-state index contributed by atoms with van der Waals surface area (Å²) < 4.78 is 37.2. The Kier molecular flexibility index (Phi) is 14.9. The second-order valence-electron chi connectivity index (χ2n) is 17.0. The molecule has 0 amide bonds. The number of unbranched alkanes of at least 4 members (excludes halogenated alkanes) is 1. The Morgan fingerprint density at radius 3 is 2.13 bits per heavy atom. The van der Waals surface area contributed by atoms with Gasteiger partial charge in [-0.2, -0.15) is 8.42 Å². The van der Waals surface area contributed by atoms with Gasteiger partial charge in [0, 0.05) is 6.04 Å². The first-order valence-corrected chi connectivity index (χ1v) is 20.8. The summed E-state index contributed by atoms with van der Waals surface area (Å²) in [4.78, 5) is 0. The summed E-state index contributed by atoms with van der Waals surface area (Å²) >= 11 is 0. The van der Waals surface area contributed by atoms with Gasteiger partial charge in [0.2, 0.25) is 0 Å². The predicted octanol–water partition coefficient (Wildman–Crippen LogP) is 5.53. The van der Waals surface area contributed by atoms with Crippen molar-refractivity contribution in [1.82, 2.24) is 16.0 Å². The first-order chi connectivity index (χ1) is 22.3. The van der Waals surface area contributed by atoms with Gasteiger partial charge in [-0.3, -0.25) is 4.55 Å². The van der Waals surface area contributed by atoms with Crippen LogP contribution < -0.4 is 21.7 Å². The van der Waals surface area contributed by atoms with Crippen LogP contribution in [-0.4, -0.2) is 75.6 Å². The summed E-state index contributed by atoms with van der Waals surface area (Å²) in [7, 11) is -4.46. The summed E-state index contributed by atoms with van der Waals surface area (Å²) in [5.74, 6) is 3.20. The van der Waals surface area contributed by atoms with Crippen LogP contribution in [0.3, 0.4) is 0 Å². The largest absolute Gasteiger partial charge is 0.397 e. The average Bonchev–Trinajstić information content (AvgIpc) is 3.36. The summed E-state index contributed by atoms with van der Waals surface area (Å²) in [6, 6.07) is 0.571. The van der Waals surface area contributed by atoms with E-state index < -0.39 is 16.5 Å². The lowest BCUT2D eigenvalue weighted by molar-refractivity contribution is -0.167. The number of fused-ring (bicyclic) bond motifs is 5. The van der Waals surface area contributed by atoms with Crippen molar-refractivity contribution in [3.63, 3.8) is 0 Å². The first kappa shape index (κ1) is 39.5. The lowest BCUT2D eigenvalue weighted by atomic mass is 9.43. The highest BCUT2D eigenvalue weighted by Crippen LogP contribution is 2.68. The van der Waals surface area contributed by atoms with E-state index in [-0.39, 0.29) is 17.4 Å². The van der Waals surface area contributed by atoms with E-state index in [0.717, 1.165) is 65.0 Å². The molecule has 4 rings (SSSR count). The molecule has 0 aromatic carbocycles. The minimum absolute atomic E-state index is 0.0137. The number of rotatable bonds is 20. The van der Waals surface area contributed by atoms with E-state index in [9.17, 15) is 18.1 Å². The molecule has 4 aliphatic rings. The van der Waals surface area contributed by atoms with Crippen LogP contribution in [0.2, 0.25) is 0 Å². The molecular weight excluding hydrogens is 612 g/mol. The normalized spacial score (nSPS) is 36.9. The van der Waals surface area contributed by atoms with Gasteiger partial charge in [-0.15, -0.1) is 0 Å². The molecule has 276 valence electrons. The molecule has 9 nitrogen and oxygen atoms in total. The molecule has 10 heteroatoms. The van der Waals surface area contributed by atoms with Crippen LogP contribution in [0.15, 0.2) is 0 Å². The standard InChI is InChI=1S/C37H72N4O5S/c1-26(2)34(46-47(43,44)45)13-10-27(3)30-11-12-31-35-32(15-17-37(30,31)5)36(4)16-14-29(24-28(36)25-33(35)42)41-23-9-22-40-20-7-6-19-39-21-8-18-38/h26-35,39-42H,6-25,38H2,1-5H3,(H,43,44,45)/t27-,28-,29+,30-,31+,32?,33-,34-,35+,36+,37-/m1/s1. The molecule has 7 N–H and O–H groups in total. The Balaban J connectivity index is 1.23. The zero-order chi connectivity index (χ0) is 34.2. The third kappa shape index (κ3) is 10.1. The van der Waals surface area contributed by atoms with E-state index in [0.29, 0.717) is 53.4 Å². The van der Waals surface area contributed by atoms with E-state index in [1.807, 2.05) is 13.8 Å². The maximum Gasteiger partial charge on any atom is 0.397 e. The van der Waals surface area contributed by atoms with Gasteiger partial charge >= 0.3 is 10.4 Å². The molecule has 0 saturated heterocycles. The molecule has 0 aromatic rings. The van der Waals surface area contributed by atoms with Crippen molar-refractivity contribution in [3.05, 3.63) is 0 Å². The second kappa shape index (κ2) is 17.7. The van der Waals surface area contributed by atoms with Crippen LogP contribution in [0.5, 0.6) is 0 Å². The summed E-state index contributed by atoms with van der Waals surface area (Å²) in [6.07, 6.45) is 15.0. The van der Waals surface area contributed by atoms with Crippen LogP contribution in [0.1, 0.15) is 125 Å². The molecule has 4 fully saturated rings. The molecule has 4 aliphatic carbocycles. The number of nitrogens with two attached hydrogens (primary N) is 1. The van der Waals surface area contributed by atoms with E-state index in [4.69, 9.17) is 9.92 Å². The maximum absolute atomic E-state index is 11.8. The van der Waals surface area contributed by atoms with Gasteiger partial charge in [0.15, 0.2) is 0 Å². The topological polar surface area (TPSA) is 146 Å². The van der Waals surface area contributed by atoms with Crippen LogP contribution in [0.25, 0.3) is 0 Å². The molecule has 1 unspecified atom stereocenters. The molecule has 0 radical (unpaired) electrons. The molecular formula is C37H72N4O5S. The Bertz CT molecular complexity index is 1050. The zero-order valence-corrected chi connectivity index (χ0v) is 31.3. The molecule has 11 atom stereocenters. The van der Waals surface area contributed by atoms with E-state index >= 15 is 0 Å². The van der Waals surface area contributed by atoms with Crippen LogP contribution >= 0.6 is 0 Å². The predicted molar refractivity (Wildman–Crippen MR) is 191 cm³/mol. The van der Waals surface area contributed by atoms with Crippen molar-refractivity contribution >= 4 is 10.4 Å². The van der Waals surface area contributed by atoms with Gasteiger partial charge < -0.3 is 26.8 Å². The molecule has 0 spiro atoms. The highest BCUT2D eigenvalue weighted by molar-refractivity contribution is 7.80. The Labute approximate surface area is 288 Å². The third-order valence-electron chi connectivity index (χ3n) is 13.8. The molecule has 0 bridgehead atoms. The minimum atomic E-state index is -4.46. The average molecular weight is 685 g/mol. The fourth-order valence-electron chi connectivity index (χ4n) is 11.2. The Morgan fingerprint density at radius 1 is 0.830 bits per heavy atom. The summed E-state index contributed by atoms with van der Waals surface area (Å²) in [5.41, 5.74) is 6.08. The van der Waals surface area contributed by atoms with Crippen molar-refractivity contribution in [2.75, 3.05) is 39.3 Å². The quantitative estimate of drug-likeness (QED) is 0.0720. The third-order valence-corrected chi connectivity index (χ3v) is 14.3. The highest BCUT2D eigenvalue weighted by atomic mass is 32.3. The van der Waals surface area contributed by atoms with Crippen LogP contribution in [0.4, 0.5) is 0 Å². The van der Waals surface area contributed by atoms with Crippen molar-refractivity contribution in [2.45, 2.75) is 143 Å². The number of aliphatic hydroxyl groups is 1. The van der Waals surface area contributed by atoms with Gasteiger partial charge in [0.05, 0.1) is 12.2 Å². The fraction of sp³-hybridized carbons (Fsp3) is 1.00. The molecule has 0 aliphatic heterocycles. The highest BCUT2D eigenvalue weighted by Gasteiger charge is 2.62. The van der Waals surface area contributed by atoms with Crippen molar-refractivity contribution in [3.8, 4) is 0 Å². The van der Waals surface area contributed by atoms with Crippen molar-refractivity contribution in [1.29, 1.82) is 0 Å². The minimum Gasteiger partial charge on any atom is -0.393 e. The first-order valence-electron chi connectivity index (χ1n) is 19.5. The molecule has 47 heavy (non-hydrogen) atoms. The van der Waals surface area contributed by atoms with Crippen LogP contribution in [-0.2, 0) is 14.6 Å². The number of nitrogens with one attached hydrogen (secondary N) is 3. The summed E-state index contributed by atoms with van der Waals surface area (Å²) in [6.45, 7) is 17.4. The fourth-order valence-corrected chi connectivity index (χ4v) is 11.8. The Morgan fingerprint density at radius 2 is 1.47 bits per heavy atom. The molecule has 4 saturated carbocycles. The zero-order valence-electron chi connectivity index (χ0n) is 30.5. The van der Waals surface area contributed by atoms with E-state index in [2.05, 4.69) is 36.7 Å². The lowest BCUT2D eigenvalue weighted by Gasteiger charge is -2.62. The number of hydrogen-bond acceptors (Lipinski definition) is 8. The van der Waals surface area contributed by atoms with Gasteiger partial charge in [0.25, 0.3) is 0 Å². The maximum atomic E-state index is 11.8. The van der Waals surface area contributed by atoms with E-state index in [1.165, 1.54) is 57.8 Å². The molecule has 0 heterocycles. The van der Waals surface area contributed by atoms with E-state index in [1.54, 1.807) is 0 Å². The SMILES string of the molecule is CC(C)[C@@H](CC[C@@H](C)[C@H]1CC[C@H]2[C@H]3C(CC[C@]12C)[C@@]1(C)CC[C@H](NCCCNCCCCNCCCN)C[C@@H]1C[C@H]3O)OS(=O)(=O)O. The molecule has 0 aromatic heterocycles.